The third kappa shape index (κ3) is 2.58. The Morgan fingerprint density at radius 2 is 2.22 bits per heavy atom. The van der Waals surface area contributed by atoms with Gasteiger partial charge in [-0.3, -0.25) is 9.69 Å². The average Bonchev–Trinajstić information content (AvgIpc) is 2.80. The Morgan fingerprint density at radius 1 is 1.44 bits per heavy atom. The first kappa shape index (κ1) is 12.3. The van der Waals surface area contributed by atoms with E-state index in [1.807, 2.05) is 36.2 Å². The van der Waals surface area contributed by atoms with E-state index >= 15 is 0 Å². The minimum absolute atomic E-state index is 0.0767. The van der Waals surface area contributed by atoms with Gasteiger partial charge in [0.15, 0.2) is 5.78 Å². The standard InChI is InChI=1S/C14H15N3O/c1-17(8-4-7-15)10-14(18)12-9-16-13-6-3-2-5-11(12)13/h2-3,5-6,9,16H,4,8,10H2,1H3. The summed E-state index contributed by atoms with van der Waals surface area (Å²) in [4.78, 5) is 17.1. The summed E-state index contributed by atoms with van der Waals surface area (Å²) in [7, 11) is 1.85. The van der Waals surface area contributed by atoms with E-state index in [1.165, 1.54) is 0 Å². The fourth-order valence-corrected chi connectivity index (χ4v) is 1.95. The maximum absolute atomic E-state index is 12.1. The van der Waals surface area contributed by atoms with Crippen LogP contribution in [0.25, 0.3) is 10.9 Å². The van der Waals surface area contributed by atoms with Crippen molar-refractivity contribution >= 4 is 16.7 Å². The van der Waals surface area contributed by atoms with Crippen LogP contribution in [-0.4, -0.2) is 35.8 Å². The van der Waals surface area contributed by atoms with Crippen molar-refractivity contribution in [1.82, 2.24) is 9.88 Å². The van der Waals surface area contributed by atoms with Crippen LogP contribution >= 0.6 is 0 Å². The third-order valence-electron chi connectivity index (χ3n) is 2.91. The normalized spacial score (nSPS) is 10.7. The van der Waals surface area contributed by atoms with E-state index in [2.05, 4.69) is 11.1 Å². The van der Waals surface area contributed by atoms with Crippen molar-refractivity contribution in [2.45, 2.75) is 6.42 Å². The molecule has 2 aromatic rings. The Labute approximate surface area is 106 Å². The molecule has 0 saturated carbocycles. The van der Waals surface area contributed by atoms with E-state index in [0.717, 1.165) is 16.5 Å². The number of nitriles is 1. The van der Waals surface area contributed by atoms with Gasteiger partial charge in [-0.05, 0) is 13.1 Å². The number of Topliss-reactive ketones (excluding diaryl/α,β-unsaturated/α-hetero) is 1. The van der Waals surface area contributed by atoms with Crippen LogP contribution in [-0.2, 0) is 0 Å². The number of hydrogen-bond acceptors (Lipinski definition) is 3. The quantitative estimate of drug-likeness (QED) is 0.816. The summed E-state index contributed by atoms with van der Waals surface area (Å²) in [5, 5.41) is 9.46. The lowest BCUT2D eigenvalue weighted by Crippen LogP contribution is -2.26. The molecule has 0 radical (unpaired) electrons. The van der Waals surface area contributed by atoms with Crippen LogP contribution in [0.3, 0.4) is 0 Å². The third-order valence-corrected chi connectivity index (χ3v) is 2.91. The average molecular weight is 241 g/mol. The largest absolute Gasteiger partial charge is 0.360 e. The summed E-state index contributed by atoms with van der Waals surface area (Å²) < 4.78 is 0. The van der Waals surface area contributed by atoms with Gasteiger partial charge in [-0.2, -0.15) is 5.26 Å². The van der Waals surface area contributed by atoms with Gasteiger partial charge in [-0.1, -0.05) is 18.2 Å². The molecule has 18 heavy (non-hydrogen) atoms. The van der Waals surface area contributed by atoms with Gasteiger partial charge < -0.3 is 4.98 Å². The highest BCUT2D eigenvalue weighted by atomic mass is 16.1. The topological polar surface area (TPSA) is 59.9 Å². The van der Waals surface area contributed by atoms with Crippen LogP contribution in [0.2, 0.25) is 0 Å². The zero-order valence-corrected chi connectivity index (χ0v) is 10.3. The number of hydrogen-bond donors (Lipinski definition) is 1. The molecule has 2 rings (SSSR count). The summed E-state index contributed by atoms with van der Waals surface area (Å²) in [6, 6.07) is 9.83. The molecule has 0 saturated heterocycles. The molecule has 0 spiro atoms. The molecule has 0 fully saturated rings. The minimum Gasteiger partial charge on any atom is -0.360 e. The van der Waals surface area contributed by atoms with Crippen LogP contribution in [0.5, 0.6) is 0 Å². The lowest BCUT2D eigenvalue weighted by Gasteiger charge is -2.13. The maximum Gasteiger partial charge on any atom is 0.178 e. The van der Waals surface area contributed by atoms with Crippen LogP contribution in [0.4, 0.5) is 0 Å². The first-order valence-electron chi connectivity index (χ1n) is 5.87. The minimum atomic E-state index is 0.0767. The van der Waals surface area contributed by atoms with E-state index in [0.29, 0.717) is 19.5 Å². The van der Waals surface area contributed by atoms with E-state index < -0.39 is 0 Å². The van der Waals surface area contributed by atoms with Crippen molar-refractivity contribution in [1.29, 1.82) is 5.26 Å². The van der Waals surface area contributed by atoms with Gasteiger partial charge in [0.1, 0.15) is 0 Å². The van der Waals surface area contributed by atoms with E-state index in [1.54, 1.807) is 6.20 Å². The molecule has 1 aromatic heterocycles. The second-order valence-electron chi connectivity index (χ2n) is 4.32. The van der Waals surface area contributed by atoms with Crippen molar-refractivity contribution < 1.29 is 4.79 Å². The maximum atomic E-state index is 12.1. The van der Waals surface area contributed by atoms with Gasteiger partial charge in [0.2, 0.25) is 0 Å². The highest BCUT2D eigenvalue weighted by Gasteiger charge is 2.13. The van der Waals surface area contributed by atoms with Crippen molar-refractivity contribution in [2.75, 3.05) is 20.1 Å². The Hall–Kier alpha value is -2.12. The van der Waals surface area contributed by atoms with Crippen LogP contribution in [0, 0.1) is 11.3 Å². The number of fused-ring (bicyclic) bond motifs is 1. The number of aromatic amines is 1. The van der Waals surface area contributed by atoms with E-state index in [4.69, 9.17) is 5.26 Å². The number of nitrogens with one attached hydrogen (secondary N) is 1. The zero-order valence-electron chi connectivity index (χ0n) is 10.3. The van der Waals surface area contributed by atoms with Crippen LogP contribution < -0.4 is 0 Å². The smallest absolute Gasteiger partial charge is 0.178 e. The van der Waals surface area contributed by atoms with Crippen molar-refractivity contribution in [3.8, 4) is 6.07 Å². The zero-order chi connectivity index (χ0) is 13.0. The van der Waals surface area contributed by atoms with E-state index in [-0.39, 0.29) is 5.78 Å². The number of likely N-dealkylation sites (N-methyl/N-ethyl adjacent to an activating group) is 1. The second-order valence-corrected chi connectivity index (χ2v) is 4.32. The van der Waals surface area contributed by atoms with Gasteiger partial charge in [-0.25, -0.2) is 0 Å². The van der Waals surface area contributed by atoms with Crippen molar-refractivity contribution in [3.05, 3.63) is 36.0 Å². The highest BCUT2D eigenvalue weighted by molar-refractivity contribution is 6.08. The summed E-state index contributed by atoms with van der Waals surface area (Å²) in [6.07, 6.45) is 2.20. The Kier molecular flexibility index (Phi) is 3.75. The molecule has 0 unspecified atom stereocenters. The summed E-state index contributed by atoms with van der Waals surface area (Å²) in [6.45, 7) is 0.953. The SMILES string of the molecule is CN(CCC#N)CC(=O)c1c[nH]c2ccccc12. The molecular weight excluding hydrogens is 226 g/mol. The molecule has 0 atom stereocenters. The Balaban J connectivity index is 2.12. The fraction of sp³-hybridized carbons (Fsp3) is 0.286. The van der Waals surface area contributed by atoms with Gasteiger partial charge in [0.05, 0.1) is 12.6 Å². The second kappa shape index (κ2) is 5.48. The lowest BCUT2D eigenvalue weighted by atomic mass is 10.1. The van der Waals surface area contributed by atoms with Crippen LogP contribution in [0.15, 0.2) is 30.5 Å². The number of ketones is 1. The Morgan fingerprint density at radius 3 is 3.00 bits per heavy atom. The number of para-hydroxylation sites is 1. The molecule has 1 aromatic carbocycles. The number of benzene rings is 1. The molecule has 4 nitrogen and oxygen atoms in total. The number of rotatable bonds is 5. The first-order chi connectivity index (χ1) is 8.72. The lowest BCUT2D eigenvalue weighted by molar-refractivity contribution is 0.0949. The van der Waals surface area contributed by atoms with Crippen molar-refractivity contribution in [3.63, 3.8) is 0 Å². The van der Waals surface area contributed by atoms with Gasteiger partial charge in [-0.15, -0.1) is 0 Å². The molecule has 0 aliphatic rings. The molecule has 4 heteroatoms. The molecular formula is C14H15N3O. The van der Waals surface area contributed by atoms with Crippen molar-refractivity contribution in [2.24, 2.45) is 0 Å². The molecule has 0 aliphatic carbocycles. The molecule has 0 aliphatic heterocycles. The molecule has 1 N–H and O–H groups in total. The number of carbonyl (C=O) groups is 1. The van der Waals surface area contributed by atoms with Gasteiger partial charge >= 0.3 is 0 Å². The first-order valence-corrected chi connectivity index (χ1v) is 5.87. The molecule has 0 bridgehead atoms. The molecule has 0 amide bonds. The molecule has 92 valence electrons. The number of aromatic nitrogens is 1. The summed E-state index contributed by atoms with van der Waals surface area (Å²) in [5.74, 6) is 0.0767. The number of carbonyl (C=O) groups excluding carboxylic acids is 1. The van der Waals surface area contributed by atoms with E-state index in [9.17, 15) is 4.79 Å². The Bertz CT molecular complexity index is 594. The predicted molar refractivity (Wildman–Crippen MR) is 70.4 cm³/mol. The molecule has 1 heterocycles. The summed E-state index contributed by atoms with van der Waals surface area (Å²) in [5.41, 5.74) is 1.69. The predicted octanol–water partition coefficient (Wildman–Crippen LogP) is 2.20. The fourth-order valence-electron chi connectivity index (χ4n) is 1.95. The number of nitrogens with zero attached hydrogens (tertiary/aromatic N) is 2. The summed E-state index contributed by atoms with van der Waals surface area (Å²) >= 11 is 0. The number of H-pyrrole nitrogens is 1. The van der Waals surface area contributed by atoms with Crippen LogP contribution in [0.1, 0.15) is 16.8 Å². The van der Waals surface area contributed by atoms with Gasteiger partial charge in [0.25, 0.3) is 0 Å². The highest BCUT2D eigenvalue weighted by Crippen LogP contribution is 2.18. The monoisotopic (exact) mass is 241 g/mol. The van der Waals surface area contributed by atoms with Gasteiger partial charge in [0, 0.05) is 35.6 Å².